The van der Waals surface area contributed by atoms with Crippen molar-refractivity contribution < 1.29 is 14.3 Å². The third kappa shape index (κ3) is 6.67. The zero-order valence-corrected chi connectivity index (χ0v) is 22.1. The second kappa shape index (κ2) is 11.9. The Kier molecular flexibility index (Phi) is 8.68. The van der Waals surface area contributed by atoms with Gasteiger partial charge in [0, 0.05) is 13.1 Å². The van der Waals surface area contributed by atoms with E-state index in [0.29, 0.717) is 24.5 Å². The first-order valence-corrected chi connectivity index (χ1v) is 13.5. The highest BCUT2D eigenvalue weighted by Gasteiger charge is 2.41. The molecule has 36 heavy (non-hydrogen) atoms. The number of hydrogen-bond donors (Lipinski definition) is 2. The molecule has 0 radical (unpaired) electrons. The van der Waals surface area contributed by atoms with Gasteiger partial charge in [0.25, 0.3) is 5.91 Å². The van der Waals surface area contributed by atoms with E-state index in [2.05, 4.69) is 47.6 Å². The summed E-state index contributed by atoms with van der Waals surface area (Å²) in [5.41, 5.74) is 4.15. The third-order valence-electron chi connectivity index (χ3n) is 7.60. The van der Waals surface area contributed by atoms with Crippen molar-refractivity contribution in [3.8, 4) is 5.75 Å². The van der Waals surface area contributed by atoms with Gasteiger partial charge in [-0.2, -0.15) is 0 Å². The molecule has 2 aromatic carbocycles. The van der Waals surface area contributed by atoms with Gasteiger partial charge in [-0.1, -0.05) is 54.3 Å². The number of fused-ring (bicyclic) bond motifs is 1. The largest absolute Gasteiger partial charge is 0.491 e. The van der Waals surface area contributed by atoms with Crippen LogP contribution in [0.1, 0.15) is 72.5 Å². The van der Waals surface area contributed by atoms with Gasteiger partial charge < -0.3 is 15.4 Å². The molecule has 2 aromatic rings. The van der Waals surface area contributed by atoms with Crippen molar-refractivity contribution in [1.82, 2.24) is 15.5 Å². The first-order chi connectivity index (χ1) is 17.3. The van der Waals surface area contributed by atoms with Crippen molar-refractivity contribution in [2.75, 3.05) is 26.2 Å². The number of benzene rings is 2. The first kappa shape index (κ1) is 26.2. The average Bonchev–Trinajstić information content (AvgIpc) is 2.85. The first-order valence-electron chi connectivity index (χ1n) is 13.5. The number of amides is 2. The monoisotopic (exact) mass is 491 g/mol. The minimum atomic E-state index is -0.339. The number of nitrogens with zero attached hydrogens (tertiary/aromatic N) is 1. The molecule has 1 atom stereocenters. The Morgan fingerprint density at radius 1 is 0.972 bits per heavy atom. The highest BCUT2D eigenvalue weighted by atomic mass is 16.5. The van der Waals surface area contributed by atoms with Gasteiger partial charge in [-0.25, -0.2) is 0 Å². The van der Waals surface area contributed by atoms with E-state index in [1.807, 2.05) is 25.1 Å². The Morgan fingerprint density at radius 3 is 2.44 bits per heavy atom. The molecule has 0 aromatic heterocycles. The molecule has 2 N–H and O–H groups in total. The van der Waals surface area contributed by atoms with Gasteiger partial charge >= 0.3 is 0 Å². The number of hydrogen-bond acceptors (Lipinski definition) is 4. The molecule has 2 heterocycles. The number of likely N-dealkylation sites (tertiary alicyclic amines) is 1. The van der Waals surface area contributed by atoms with Crippen LogP contribution in [0.2, 0.25) is 0 Å². The van der Waals surface area contributed by atoms with E-state index in [0.717, 1.165) is 58.2 Å². The van der Waals surface area contributed by atoms with Crippen molar-refractivity contribution in [3.05, 3.63) is 64.7 Å². The normalized spacial score (nSPS) is 21.9. The molecule has 2 amide bonds. The van der Waals surface area contributed by atoms with Gasteiger partial charge in [-0.05, 0) is 77.2 Å². The van der Waals surface area contributed by atoms with Crippen LogP contribution in [0, 0.1) is 19.3 Å². The van der Waals surface area contributed by atoms with Gasteiger partial charge in [-0.3, -0.25) is 14.5 Å². The summed E-state index contributed by atoms with van der Waals surface area (Å²) in [4.78, 5) is 28.8. The van der Waals surface area contributed by atoms with Crippen molar-refractivity contribution in [1.29, 1.82) is 0 Å². The van der Waals surface area contributed by atoms with E-state index in [9.17, 15) is 9.59 Å². The van der Waals surface area contributed by atoms with Gasteiger partial charge in [0.15, 0.2) is 0 Å². The fraction of sp³-hybridized carbons (Fsp3) is 0.533. The van der Waals surface area contributed by atoms with Crippen molar-refractivity contribution in [2.45, 2.75) is 71.9 Å². The maximum atomic E-state index is 13.6. The number of rotatable bonds is 2. The minimum absolute atomic E-state index is 0.107. The van der Waals surface area contributed by atoms with Crippen molar-refractivity contribution in [2.24, 2.45) is 5.41 Å². The second-order valence-corrected chi connectivity index (χ2v) is 10.8. The number of carbonyl (C=O) groups excluding carboxylic acids is 2. The van der Waals surface area contributed by atoms with Crippen molar-refractivity contribution >= 4 is 11.8 Å². The number of nitrogens with one attached hydrogen (secondary N) is 2. The molecule has 1 fully saturated rings. The van der Waals surface area contributed by atoms with E-state index in [1.54, 1.807) is 6.07 Å². The summed E-state index contributed by atoms with van der Waals surface area (Å²) in [6, 6.07) is 13.9. The van der Waals surface area contributed by atoms with Crippen LogP contribution in [0.15, 0.2) is 42.5 Å². The molecule has 4 rings (SSSR count). The molecular formula is C30H41N3O3. The molecule has 2 aliphatic rings. The van der Waals surface area contributed by atoms with Crippen LogP contribution in [0.25, 0.3) is 0 Å². The molecule has 194 valence electrons. The van der Waals surface area contributed by atoms with Gasteiger partial charge in [0.2, 0.25) is 5.91 Å². The Hall–Kier alpha value is -2.86. The highest BCUT2D eigenvalue weighted by molar-refractivity contribution is 5.96. The second-order valence-electron chi connectivity index (χ2n) is 10.8. The Bertz CT molecular complexity index is 1040. The van der Waals surface area contributed by atoms with E-state index < -0.39 is 0 Å². The molecule has 6 nitrogen and oxygen atoms in total. The summed E-state index contributed by atoms with van der Waals surface area (Å²) in [6.45, 7) is 10.0. The van der Waals surface area contributed by atoms with Crippen LogP contribution in [-0.2, 0) is 11.3 Å². The van der Waals surface area contributed by atoms with Crippen LogP contribution < -0.4 is 15.4 Å². The molecule has 0 aliphatic carbocycles. The summed E-state index contributed by atoms with van der Waals surface area (Å²) < 4.78 is 5.99. The third-order valence-corrected chi connectivity index (χ3v) is 7.60. The van der Waals surface area contributed by atoms with E-state index in [1.165, 1.54) is 16.7 Å². The van der Waals surface area contributed by atoms with Crippen molar-refractivity contribution in [3.63, 3.8) is 0 Å². The predicted octanol–water partition coefficient (Wildman–Crippen LogP) is 4.77. The lowest BCUT2D eigenvalue weighted by Crippen LogP contribution is -2.51. The maximum absolute atomic E-state index is 13.6. The minimum Gasteiger partial charge on any atom is -0.491 e. The Morgan fingerprint density at radius 2 is 1.69 bits per heavy atom. The van der Waals surface area contributed by atoms with Crippen LogP contribution in [0.4, 0.5) is 0 Å². The zero-order chi connectivity index (χ0) is 25.5. The molecular weight excluding hydrogens is 450 g/mol. The number of carbonyl (C=O) groups is 2. The van der Waals surface area contributed by atoms with Crippen LogP contribution >= 0.6 is 0 Å². The summed E-state index contributed by atoms with van der Waals surface area (Å²) in [7, 11) is 0. The topological polar surface area (TPSA) is 70.7 Å². The molecule has 1 saturated heterocycles. The molecule has 6 heteroatoms. The fourth-order valence-electron chi connectivity index (χ4n) is 5.62. The molecule has 1 spiro atoms. The summed E-state index contributed by atoms with van der Waals surface area (Å²) in [6.07, 6.45) is 5.52. The number of piperidine rings is 1. The van der Waals surface area contributed by atoms with Crippen LogP contribution in [0.3, 0.4) is 0 Å². The van der Waals surface area contributed by atoms with E-state index in [-0.39, 0.29) is 23.3 Å². The van der Waals surface area contributed by atoms with Gasteiger partial charge in [0.05, 0.1) is 17.0 Å². The average molecular weight is 492 g/mol. The number of ether oxygens (including phenoxy) is 1. The quantitative estimate of drug-likeness (QED) is 0.635. The van der Waals surface area contributed by atoms with E-state index >= 15 is 0 Å². The molecule has 0 unspecified atom stereocenters. The lowest BCUT2D eigenvalue weighted by molar-refractivity contribution is -0.135. The van der Waals surface area contributed by atoms with E-state index in [4.69, 9.17) is 4.74 Å². The smallest absolute Gasteiger partial charge is 0.255 e. The summed E-state index contributed by atoms with van der Waals surface area (Å²) >= 11 is 0. The lowest BCUT2D eigenvalue weighted by atomic mass is 9.73. The molecule has 0 bridgehead atoms. The zero-order valence-electron chi connectivity index (χ0n) is 22.1. The summed E-state index contributed by atoms with van der Waals surface area (Å²) in [5.74, 6) is 0.604. The summed E-state index contributed by atoms with van der Waals surface area (Å²) in [5, 5.41) is 6.28. The number of aryl methyl sites for hydroxylation is 2. The lowest BCUT2D eigenvalue weighted by Gasteiger charge is -2.41. The standard InChI is InChI=1S/C30H41N3O3/c1-22-17-23(2)19-25(18-22)20-33-15-12-30(13-16-33)11-7-4-8-14-31-28(34)26-9-5-6-10-27(26)36-21-24(3)32-29(30)35/h5-6,9-10,17-19,24H,4,7-8,11-16,20-21H2,1-3H3,(H,31,34)(H,32,35)/t24-/m0/s1. The fourth-order valence-corrected chi connectivity index (χ4v) is 5.62. The van der Waals surface area contributed by atoms with Gasteiger partial charge in [-0.15, -0.1) is 0 Å². The number of para-hydroxylation sites is 1. The SMILES string of the molecule is Cc1cc(C)cc(CN2CCC3(CCCCCNC(=O)c4ccccc4OC[C@H](C)NC3=O)CC2)c1. The highest BCUT2D eigenvalue weighted by Crippen LogP contribution is 2.38. The van der Waals surface area contributed by atoms with Crippen LogP contribution in [0.5, 0.6) is 5.75 Å². The Labute approximate surface area is 215 Å². The van der Waals surface area contributed by atoms with Crippen LogP contribution in [-0.4, -0.2) is 49.0 Å². The predicted molar refractivity (Wildman–Crippen MR) is 143 cm³/mol. The molecule has 0 saturated carbocycles. The van der Waals surface area contributed by atoms with Gasteiger partial charge in [0.1, 0.15) is 12.4 Å². The maximum Gasteiger partial charge on any atom is 0.255 e. The molecule has 2 aliphatic heterocycles. The Balaban J connectivity index is 1.43.